The van der Waals surface area contributed by atoms with Crippen molar-refractivity contribution < 1.29 is 8.42 Å². The summed E-state index contributed by atoms with van der Waals surface area (Å²) >= 11 is 0. The molecule has 0 saturated carbocycles. The van der Waals surface area contributed by atoms with E-state index >= 15 is 0 Å². The number of piperazine rings is 1. The third kappa shape index (κ3) is 4.57. The first kappa shape index (κ1) is 15.5. The molecule has 1 saturated heterocycles. The van der Waals surface area contributed by atoms with Crippen LogP contribution in [0.3, 0.4) is 0 Å². The van der Waals surface area contributed by atoms with Crippen LogP contribution in [0.1, 0.15) is 17.2 Å². The quantitative estimate of drug-likeness (QED) is 0.840. The molecule has 114 valence electrons. The lowest BCUT2D eigenvalue weighted by atomic mass is 10.2. The zero-order chi connectivity index (χ0) is 14.8. The molecular formula is C13H24N4O2S. The number of hydrogen-bond acceptors (Lipinski definition) is 5. The average Bonchev–Trinajstić information content (AvgIpc) is 2.66. The van der Waals surface area contributed by atoms with Crippen molar-refractivity contribution in [3.05, 3.63) is 17.2 Å². The molecule has 1 aliphatic heterocycles. The van der Waals surface area contributed by atoms with Crippen molar-refractivity contribution in [2.24, 2.45) is 0 Å². The summed E-state index contributed by atoms with van der Waals surface area (Å²) in [5.74, 6) is 1.22. The van der Waals surface area contributed by atoms with E-state index in [9.17, 15) is 8.42 Å². The van der Waals surface area contributed by atoms with Gasteiger partial charge in [0.15, 0.2) is 0 Å². The molecule has 0 spiro atoms. The van der Waals surface area contributed by atoms with E-state index in [0.29, 0.717) is 6.54 Å². The van der Waals surface area contributed by atoms with Gasteiger partial charge >= 0.3 is 0 Å². The van der Waals surface area contributed by atoms with Crippen LogP contribution in [0.15, 0.2) is 0 Å². The first-order chi connectivity index (χ1) is 9.33. The fourth-order valence-electron chi connectivity index (χ4n) is 2.49. The molecule has 2 heterocycles. The SMILES string of the molecule is Cc1nc(CN2CCN(CCS(C)(=O)=O)CC2)c(C)[nH]1. The molecule has 0 radical (unpaired) electrons. The van der Waals surface area contributed by atoms with Crippen molar-refractivity contribution in [1.82, 2.24) is 19.8 Å². The highest BCUT2D eigenvalue weighted by Crippen LogP contribution is 2.10. The number of aromatic amines is 1. The second kappa shape index (κ2) is 6.24. The summed E-state index contributed by atoms with van der Waals surface area (Å²) in [4.78, 5) is 12.3. The van der Waals surface area contributed by atoms with Gasteiger partial charge in [0.05, 0.1) is 11.4 Å². The van der Waals surface area contributed by atoms with Crippen LogP contribution in [-0.4, -0.2) is 72.9 Å². The maximum absolute atomic E-state index is 11.2. The van der Waals surface area contributed by atoms with Gasteiger partial charge in [0.25, 0.3) is 0 Å². The van der Waals surface area contributed by atoms with E-state index in [1.54, 1.807) is 0 Å². The maximum Gasteiger partial charge on any atom is 0.148 e. The molecule has 1 N–H and O–H groups in total. The zero-order valence-corrected chi connectivity index (χ0v) is 13.3. The van der Waals surface area contributed by atoms with Gasteiger partial charge in [0, 0.05) is 51.2 Å². The van der Waals surface area contributed by atoms with Gasteiger partial charge in [-0.15, -0.1) is 0 Å². The largest absolute Gasteiger partial charge is 0.346 e. The Morgan fingerprint density at radius 2 is 1.75 bits per heavy atom. The van der Waals surface area contributed by atoms with Crippen molar-refractivity contribution >= 4 is 9.84 Å². The number of rotatable bonds is 5. The van der Waals surface area contributed by atoms with Crippen LogP contribution in [0.2, 0.25) is 0 Å². The molecule has 1 aromatic heterocycles. The van der Waals surface area contributed by atoms with E-state index in [2.05, 4.69) is 26.7 Å². The van der Waals surface area contributed by atoms with Gasteiger partial charge in [-0.1, -0.05) is 0 Å². The minimum atomic E-state index is -2.86. The lowest BCUT2D eigenvalue weighted by Gasteiger charge is -2.34. The van der Waals surface area contributed by atoms with Crippen LogP contribution >= 0.6 is 0 Å². The van der Waals surface area contributed by atoms with E-state index in [1.165, 1.54) is 6.26 Å². The topological polar surface area (TPSA) is 69.3 Å². The molecule has 20 heavy (non-hydrogen) atoms. The first-order valence-electron chi connectivity index (χ1n) is 6.98. The standard InChI is InChI=1S/C13H24N4O2S/c1-11-13(15-12(2)14-11)10-17-6-4-16(5-7-17)8-9-20(3,18)19/h4-10H2,1-3H3,(H,14,15). The number of H-pyrrole nitrogens is 1. The summed E-state index contributed by atoms with van der Waals surface area (Å²) in [7, 11) is -2.86. The lowest BCUT2D eigenvalue weighted by molar-refractivity contribution is 0.131. The predicted molar refractivity (Wildman–Crippen MR) is 79.5 cm³/mol. The molecule has 0 aliphatic carbocycles. The fraction of sp³-hybridized carbons (Fsp3) is 0.769. The van der Waals surface area contributed by atoms with Crippen molar-refractivity contribution in [1.29, 1.82) is 0 Å². The summed E-state index contributed by atoms with van der Waals surface area (Å²) < 4.78 is 22.3. The van der Waals surface area contributed by atoms with Crippen molar-refractivity contribution in [3.8, 4) is 0 Å². The van der Waals surface area contributed by atoms with Crippen LogP contribution in [0.4, 0.5) is 0 Å². The second-order valence-electron chi connectivity index (χ2n) is 5.64. The van der Waals surface area contributed by atoms with Crippen molar-refractivity contribution in [2.45, 2.75) is 20.4 Å². The Bertz CT molecular complexity index is 545. The molecule has 0 amide bonds. The molecule has 1 aliphatic rings. The van der Waals surface area contributed by atoms with Crippen molar-refractivity contribution in [3.63, 3.8) is 0 Å². The van der Waals surface area contributed by atoms with Crippen molar-refractivity contribution in [2.75, 3.05) is 44.7 Å². The highest BCUT2D eigenvalue weighted by atomic mass is 32.2. The monoisotopic (exact) mass is 300 g/mol. The van der Waals surface area contributed by atoms with Gasteiger partial charge in [-0.25, -0.2) is 13.4 Å². The number of nitrogens with one attached hydrogen (secondary N) is 1. The molecule has 0 atom stereocenters. The van der Waals surface area contributed by atoms with Crippen LogP contribution in [0.5, 0.6) is 0 Å². The minimum absolute atomic E-state index is 0.255. The fourth-order valence-corrected chi connectivity index (χ4v) is 3.08. The van der Waals surface area contributed by atoms with Gasteiger partial charge < -0.3 is 4.98 Å². The third-order valence-corrected chi connectivity index (χ3v) is 4.64. The summed E-state index contributed by atoms with van der Waals surface area (Å²) in [6.45, 7) is 9.33. The zero-order valence-electron chi connectivity index (χ0n) is 12.5. The van der Waals surface area contributed by atoms with Crippen LogP contribution in [0, 0.1) is 13.8 Å². The Hall–Kier alpha value is -0.920. The third-order valence-electron chi connectivity index (χ3n) is 3.72. The normalized spacial score (nSPS) is 18.6. The number of hydrogen-bond donors (Lipinski definition) is 1. The summed E-state index contributed by atoms with van der Waals surface area (Å²) in [5, 5.41) is 0. The highest BCUT2D eigenvalue weighted by Gasteiger charge is 2.19. The van der Waals surface area contributed by atoms with Gasteiger partial charge in [-0.3, -0.25) is 9.80 Å². The van der Waals surface area contributed by atoms with E-state index in [1.807, 2.05) is 6.92 Å². The Morgan fingerprint density at radius 3 is 2.25 bits per heavy atom. The molecule has 0 unspecified atom stereocenters. The number of aryl methyl sites for hydroxylation is 2. The van der Waals surface area contributed by atoms with Gasteiger partial charge in [0.2, 0.25) is 0 Å². The number of nitrogens with zero attached hydrogens (tertiary/aromatic N) is 3. The molecule has 0 bridgehead atoms. The summed E-state index contributed by atoms with van der Waals surface area (Å²) in [5.41, 5.74) is 2.26. The highest BCUT2D eigenvalue weighted by molar-refractivity contribution is 7.90. The summed E-state index contributed by atoms with van der Waals surface area (Å²) in [6, 6.07) is 0. The van der Waals surface area contributed by atoms with Gasteiger partial charge in [-0.2, -0.15) is 0 Å². The Balaban J connectivity index is 1.78. The molecule has 0 aromatic carbocycles. The molecule has 1 aromatic rings. The number of imidazole rings is 1. The van der Waals surface area contributed by atoms with Crippen LogP contribution < -0.4 is 0 Å². The Kier molecular flexibility index (Phi) is 4.82. The number of aromatic nitrogens is 2. The van der Waals surface area contributed by atoms with E-state index in [4.69, 9.17) is 0 Å². The lowest BCUT2D eigenvalue weighted by Crippen LogP contribution is -2.47. The van der Waals surface area contributed by atoms with E-state index in [0.717, 1.165) is 49.9 Å². The maximum atomic E-state index is 11.2. The minimum Gasteiger partial charge on any atom is -0.346 e. The number of sulfone groups is 1. The molecule has 6 nitrogen and oxygen atoms in total. The summed E-state index contributed by atoms with van der Waals surface area (Å²) in [6.07, 6.45) is 1.30. The Morgan fingerprint density at radius 1 is 1.15 bits per heavy atom. The molecule has 2 rings (SSSR count). The predicted octanol–water partition coefficient (Wildman–Crippen LogP) is 0.189. The first-order valence-corrected chi connectivity index (χ1v) is 9.04. The van der Waals surface area contributed by atoms with E-state index < -0.39 is 9.84 Å². The molecule has 1 fully saturated rings. The molecular weight excluding hydrogens is 276 g/mol. The van der Waals surface area contributed by atoms with Crippen LogP contribution in [0.25, 0.3) is 0 Å². The molecule has 7 heteroatoms. The smallest absolute Gasteiger partial charge is 0.148 e. The Labute approximate surface area is 121 Å². The second-order valence-corrected chi connectivity index (χ2v) is 7.90. The van der Waals surface area contributed by atoms with Crippen LogP contribution in [-0.2, 0) is 16.4 Å². The average molecular weight is 300 g/mol. The van der Waals surface area contributed by atoms with Gasteiger partial charge in [-0.05, 0) is 13.8 Å². The van der Waals surface area contributed by atoms with E-state index in [-0.39, 0.29) is 5.75 Å². The van der Waals surface area contributed by atoms with Gasteiger partial charge in [0.1, 0.15) is 15.7 Å².